The van der Waals surface area contributed by atoms with E-state index in [-0.39, 0.29) is 0 Å². The van der Waals surface area contributed by atoms with E-state index in [1.807, 2.05) is 23.5 Å². The first kappa shape index (κ1) is 17.9. The summed E-state index contributed by atoms with van der Waals surface area (Å²) in [5, 5.41) is 2.64. The fraction of sp³-hybridized carbons (Fsp3) is 0.364. The monoisotopic (exact) mass is 380 g/mol. The molecule has 0 spiro atoms. The van der Waals surface area contributed by atoms with Crippen LogP contribution in [0.1, 0.15) is 24.0 Å². The molecule has 0 N–H and O–H groups in total. The van der Waals surface area contributed by atoms with E-state index in [4.69, 9.17) is 9.98 Å². The molecule has 0 radical (unpaired) electrons. The third-order valence-electron chi connectivity index (χ3n) is 4.72. The summed E-state index contributed by atoms with van der Waals surface area (Å²) >= 11 is 3.88. The van der Waals surface area contributed by atoms with Crippen molar-refractivity contribution in [3.8, 4) is 0 Å². The zero-order valence-electron chi connectivity index (χ0n) is 14.9. The molecule has 0 saturated heterocycles. The van der Waals surface area contributed by atoms with Crippen molar-refractivity contribution in [1.29, 1.82) is 0 Å². The molecule has 4 rings (SSSR count). The van der Waals surface area contributed by atoms with Crippen molar-refractivity contribution in [2.45, 2.75) is 37.8 Å². The molecule has 2 nitrogen and oxygen atoms in total. The summed E-state index contributed by atoms with van der Waals surface area (Å²) in [7, 11) is 0. The summed E-state index contributed by atoms with van der Waals surface area (Å²) in [6.07, 6.45) is 4.23. The van der Waals surface area contributed by atoms with Gasteiger partial charge in [0.05, 0.1) is 22.2 Å². The van der Waals surface area contributed by atoms with Gasteiger partial charge in [-0.3, -0.25) is 9.98 Å². The van der Waals surface area contributed by atoms with Crippen LogP contribution in [-0.4, -0.2) is 33.7 Å². The van der Waals surface area contributed by atoms with Gasteiger partial charge in [0.25, 0.3) is 0 Å². The zero-order valence-corrected chi connectivity index (χ0v) is 16.5. The van der Waals surface area contributed by atoms with E-state index >= 15 is 0 Å². The Morgan fingerprint density at radius 2 is 1.08 bits per heavy atom. The minimum absolute atomic E-state index is 0.446. The van der Waals surface area contributed by atoms with Crippen LogP contribution < -0.4 is 0 Å². The lowest BCUT2D eigenvalue weighted by Crippen LogP contribution is -2.07. The summed E-state index contributed by atoms with van der Waals surface area (Å²) < 4.78 is 0. The Hall–Kier alpha value is -1.52. The first-order valence-electron chi connectivity index (χ1n) is 9.32. The van der Waals surface area contributed by atoms with Crippen LogP contribution in [0.25, 0.3) is 0 Å². The molecule has 2 atom stereocenters. The average molecular weight is 381 g/mol. The van der Waals surface area contributed by atoms with Crippen LogP contribution in [0.2, 0.25) is 0 Å². The molecule has 0 amide bonds. The number of benzene rings is 2. The normalized spacial score (nSPS) is 22.3. The second-order valence-electron chi connectivity index (χ2n) is 6.85. The second-order valence-corrected chi connectivity index (χ2v) is 9.04. The van der Waals surface area contributed by atoms with Gasteiger partial charge in [-0.25, -0.2) is 0 Å². The van der Waals surface area contributed by atoms with E-state index in [1.165, 1.54) is 21.2 Å². The maximum absolute atomic E-state index is 4.95. The topological polar surface area (TPSA) is 24.7 Å². The highest BCUT2D eigenvalue weighted by Crippen LogP contribution is 2.28. The highest BCUT2D eigenvalue weighted by Gasteiger charge is 2.21. The lowest BCUT2D eigenvalue weighted by molar-refractivity contribution is 0.757. The molecule has 0 saturated carbocycles. The predicted octanol–water partition coefficient (Wildman–Crippen LogP) is 5.28. The van der Waals surface area contributed by atoms with E-state index in [0.717, 1.165) is 37.2 Å². The SMILES string of the molecule is c1ccc(C[C@@H]2CSC(CCC3=N[C@H](Cc4ccccc4)CS3)=N2)cc1. The maximum Gasteiger partial charge on any atom is 0.0684 e. The van der Waals surface area contributed by atoms with Crippen LogP contribution in [0.4, 0.5) is 0 Å². The van der Waals surface area contributed by atoms with Crippen molar-refractivity contribution in [1.82, 2.24) is 0 Å². The Balaban J connectivity index is 1.25. The molecule has 0 aromatic heterocycles. The summed E-state index contributed by atoms with van der Waals surface area (Å²) in [6.45, 7) is 0. The van der Waals surface area contributed by atoms with Gasteiger partial charge in [-0.15, -0.1) is 23.5 Å². The number of thioether (sulfide) groups is 2. The molecule has 0 unspecified atom stereocenters. The molecule has 2 heterocycles. The van der Waals surface area contributed by atoms with E-state index in [9.17, 15) is 0 Å². The lowest BCUT2D eigenvalue weighted by Gasteiger charge is -2.05. The summed E-state index contributed by atoms with van der Waals surface area (Å²) in [5.41, 5.74) is 2.78. The van der Waals surface area contributed by atoms with Crippen LogP contribution in [-0.2, 0) is 12.8 Å². The molecule has 0 aliphatic carbocycles. The molecule has 0 bridgehead atoms. The maximum atomic E-state index is 4.95. The van der Waals surface area contributed by atoms with Crippen molar-refractivity contribution >= 4 is 33.6 Å². The molecule has 4 heteroatoms. The van der Waals surface area contributed by atoms with Crippen molar-refractivity contribution in [2.75, 3.05) is 11.5 Å². The molecule has 134 valence electrons. The first-order valence-corrected chi connectivity index (χ1v) is 11.3. The lowest BCUT2D eigenvalue weighted by atomic mass is 10.1. The number of hydrogen-bond donors (Lipinski definition) is 0. The quantitative estimate of drug-likeness (QED) is 0.653. The second kappa shape index (κ2) is 8.92. The Kier molecular flexibility index (Phi) is 6.13. The third kappa shape index (κ3) is 5.01. The van der Waals surface area contributed by atoms with Gasteiger partial charge in [-0.05, 0) is 24.0 Å². The molecular weight excluding hydrogens is 356 g/mol. The van der Waals surface area contributed by atoms with E-state index in [2.05, 4.69) is 60.7 Å². The number of rotatable bonds is 7. The number of hydrogen-bond acceptors (Lipinski definition) is 4. The predicted molar refractivity (Wildman–Crippen MR) is 117 cm³/mol. The molecule has 2 aliphatic heterocycles. The summed E-state index contributed by atoms with van der Waals surface area (Å²) in [5.74, 6) is 2.25. The Bertz CT molecular complexity index is 704. The van der Waals surface area contributed by atoms with Gasteiger partial charge in [0.1, 0.15) is 0 Å². The summed E-state index contributed by atoms with van der Waals surface area (Å²) in [4.78, 5) is 9.89. The van der Waals surface area contributed by atoms with Crippen LogP contribution in [0.5, 0.6) is 0 Å². The molecule has 2 aromatic rings. The smallest absolute Gasteiger partial charge is 0.0684 e. The highest BCUT2D eigenvalue weighted by molar-refractivity contribution is 8.14. The first-order chi connectivity index (χ1) is 12.8. The van der Waals surface area contributed by atoms with Crippen molar-refractivity contribution in [3.63, 3.8) is 0 Å². The summed E-state index contributed by atoms with van der Waals surface area (Å²) in [6, 6.07) is 22.3. The van der Waals surface area contributed by atoms with Gasteiger partial charge in [0.15, 0.2) is 0 Å². The molecule has 2 aromatic carbocycles. The van der Waals surface area contributed by atoms with Crippen LogP contribution >= 0.6 is 23.5 Å². The fourth-order valence-electron chi connectivity index (χ4n) is 3.41. The van der Waals surface area contributed by atoms with Gasteiger partial charge >= 0.3 is 0 Å². The van der Waals surface area contributed by atoms with Gasteiger partial charge in [-0.1, -0.05) is 60.7 Å². The standard InChI is InChI=1S/C22H24N2S2/c1-3-7-17(8-4-1)13-19-15-25-21(23-19)11-12-22-24-20(16-26-22)14-18-9-5-2-6-10-18/h1-10,19-20H,11-16H2/t19-,20-/m1/s1. The molecule has 0 fully saturated rings. The number of aliphatic imine (C=N–C) groups is 2. The molecule has 26 heavy (non-hydrogen) atoms. The van der Waals surface area contributed by atoms with E-state index < -0.39 is 0 Å². The number of nitrogens with zero attached hydrogens (tertiary/aromatic N) is 2. The Labute approximate surface area is 164 Å². The average Bonchev–Trinajstić information content (AvgIpc) is 3.31. The highest BCUT2D eigenvalue weighted by atomic mass is 32.2. The third-order valence-corrected chi connectivity index (χ3v) is 7.11. The largest absolute Gasteiger partial charge is 0.278 e. The van der Waals surface area contributed by atoms with E-state index in [0.29, 0.717) is 12.1 Å². The van der Waals surface area contributed by atoms with E-state index in [1.54, 1.807) is 0 Å². The van der Waals surface area contributed by atoms with Crippen LogP contribution in [0, 0.1) is 0 Å². The van der Waals surface area contributed by atoms with Crippen molar-refractivity contribution < 1.29 is 0 Å². The minimum atomic E-state index is 0.446. The van der Waals surface area contributed by atoms with Crippen LogP contribution in [0.3, 0.4) is 0 Å². The Morgan fingerprint density at radius 1 is 0.654 bits per heavy atom. The minimum Gasteiger partial charge on any atom is -0.278 e. The zero-order chi connectivity index (χ0) is 17.6. The molecular formula is C22H24N2S2. The fourth-order valence-corrected chi connectivity index (χ4v) is 5.50. The van der Waals surface area contributed by atoms with Crippen molar-refractivity contribution in [3.05, 3.63) is 71.8 Å². The van der Waals surface area contributed by atoms with Gasteiger partial charge < -0.3 is 0 Å². The van der Waals surface area contributed by atoms with Gasteiger partial charge in [0, 0.05) is 24.3 Å². The van der Waals surface area contributed by atoms with Gasteiger partial charge in [0.2, 0.25) is 0 Å². The Morgan fingerprint density at radius 3 is 1.50 bits per heavy atom. The molecule has 2 aliphatic rings. The van der Waals surface area contributed by atoms with Crippen LogP contribution in [0.15, 0.2) is 70.6 Å². The van der Waals surface area contributed by atoms with Gasteiger partial charge in [-0.2, -0.15) is 0 Å². The van der Waals surface area contributed by atoms with Crippen molar-refractivity contribution in [2.24, 2.45) is 9.98 Å².